The van der Waals surface area contributed by atoms with Crippen molar-refractivity contribution in [1.82, 2.24) is 5.32 Å². The lowest BCUT2D eigenvalue weighted by Gasteiger charge is -2.36. The van der Waals surface area contributed by atoms with E-state index in [1.807, 2.05) is 0 Å². The molecule has 1 fully saturated rings. The van der Waals surface area contributed by atoms with Crippen molar-refractivity contribution < 1.29 is 0 Å². The normalized spacial score (nSPS) is 23.4. The quantitative estimate of drug-likeness (QED) is 0.875. The van der Waals surface area contributed by atoms with Crippen molar-refractivity contribution in [1.29, 1.82) is 0 Å². The first-order valence-corrected chi connectivity index (χ1v) is 8.11. The van der Waals surface area contributed by atoms with E-state index in [0.717, 1.165) is 24.9 Å². The van der Waals surface area contributed by atoms with Crippen LogP contribution in [0.3, 0.4) is 0 Å². The summed E-state index contributed by atoms with van der Waals surface area (Å²) in [5, 5.41) is 3.50. The fraction of sp³-hybridized carbons (Fsp3) is 0.667. The Morgan fingerprint density at radius 3 is 2.45 bits per heavy atom. The van der Waals surface area contributed by atoms with Gasteiger partial charge in [0.2, 0.25) is 0 Å². The van der Waals surface area contributed by atoms with E-state index in [1.54, 1.807) is 0 Å². The Morgan fingerprint density at radius 1 is 1.15 bits per heavy atom. The van der Waals surface area contributed by atoms with Crippen LogP contribution in [0.15, 0.2) is 24.3 Å². The molecule has 2 heteroatoms. The average Bonchev–Trinajstić information content (AvgIpc) is 2.42. The highest BCUT2D eigenvalue weighted by Crippen LogP contribution is 2.27. The van der Waals surface area contributed by atoms with E-state index in [1.165, 1.54) is 30.8 Å². The fourth-order valence-electron chi connectivity index (χ4n) is 2.83. The number of benzene rings is 1. The lowest BCUT2D eigenvalue weighted by molar-refractivity contribution is 0.324. The van der Waals surface area contributed by atoms with E-state index in [-0.39, 0.29) is 0 Å². The first-order valence-electron chi connectivity index (χ1n) is 8.11. The van der Waals surface area contributed by atoms with E-state index < -0.39 is 0 Å². The third-order valence-electron chi connectivity index (χ3n) is 4.52. The molecule has 112 valence electrons. The zero-order chi connectivity index (χ0) is 14.5. The van der Waals surface area contributed by atoms with Crippen LogP contribution in [0.25, 0.3) is 0 Å². The fourth-order valence-corrected chi connectivity index (χ4v) is 2.83. The molecule has 0 aromatic heterocycles. The van der Waals surface area contributed by atoms with Gasteiger partial charge in [-0.25, -0.2) is 0 Å². The number of nitrogens with zero attached hydrogens (tertiary/aromatic N) is 1. The molecule has 0 spiro atoms. The molecule has 2 unspecified atom stereocenters. The summed E-state index contributed by atoms with van der Waals surface area (Å²) in [4.78, 5) is 2.54. The van der Waals surface area contributed by atoms with Crippen molar-refractivity contribution in [2.45, 2.75) is 40.7 Å². The maximum absolute atomic E-state index is 3.50. The van der Waals surface area contributed by atoms with Crippen molar-refractivity contribution in [2.75, 3.05) is 24.5 Å². The van der Waals surface area contributed by atoms with Gasteiger partial charge >= 0.3 is 0 Å². The highest BCUT2D eigenvalue weighted by atomic mass is 15.1. The van der Waals surface area contributed by atoms with E-state index >= 15 is 0 Å². The molecule has 0 bridgehead atoms. The van der Waals surface area contributed by atoms with Gasteiger partial charge in [-0.15, -0.1) is 0 Å². The molecule has 2 rings (SSSR count). The van der Waals surface area contributed by atoms with Gasteiger partial charge in [-0.05, 0) is 48.4 Å². The van der Waals surface area contributed by atoms with Gasteiger partial charge in [-0.1, -0.05) is 39.8 Å². The molecule has 0 amide bonds. The third kappa shape index (κ3) is 4.24. The van der Waals surface area contributed by atoms with E-state index in [9.17, 15) is 0 Å². The summed E-state index contributed by atoms with van der Waals surface area (Å²) in [6.45, 7) is 13.7. The molecule has 2 nitrogen and oxygen atoms in total. The van der Waals surface area contributed by atoms with Gasteiger partial charge in [0, 0.05) is 25.3 Å². The zero-order valence-electron chi connectivity index (χ0n) is 13.5. The third-order valence-corrected chi connectivity index (χ3v) is 4.52. The Hall–Kier alpha value is -1.02. The topological polar surface area (TPSA) is 15.3 Å². The zero-order valence-corrected chi connectivity index (χ0v) is 13.5. The molecule has 1 saturated heterocycles. The maximum Gasteiger partial charge on any atom is 0.0366 e. The molecule has 1 aromatic rings. The van der Waals surface area contributed by atoms with Crippen LogP contribution < -0.4 is 10.2 Å². The number of nitrogens with one attached hydrogen (secondary N) is 1. The molecule has 2 atom stereocenters. The second kappa shape index (κ2) is 7.12. The smallest absolute Gasteiger partial charge is 0.0366 e. The summed E-state index contributed by atoms with van der Waals surface area (Å²) < 4.78 is 0. The molecule has 1 aliphatic rings. The Morgan fingerprint density at radius 2 is 1.85 bits per heavy atom. The van der Waals surface area contributed by atoms with Crippen molar-refractivity contribution in [3.05, 3.63) is 29.8 Å². The molecular formula is C18H30N2. The highest BCUT2D eigenvalue weighted by Gasteiger charge is 2.22. The van der Waals surface area contributed by atoms with Crippen LogP contribution in [-0.2, 0) is 6.54 Å². The molecule has 0 radical (unpaired) electrons. The minimum Gasteiger partial charge on any atom is -0.371 e. The molecule has 1 aromatic carbocycles. The number of hydrogen-bond donors (Lipinski definition) is 1. The molecule has 0 aliphatic carbocycles. The Kier molecular flexibility index (Phi) is 5.47. The Labute approximate surface area is 124 Å². The summed E-state index contributed by atoms with van der Waals surface area (Å²) in [5.41, 5.74) is 2.77. The minimum atomic E-state index is 0.714. The van der Waals surface area contributed by atoms with Gasteiger partial charge in [-0.2, -0.15) is 0 Å². The Balaban J connectivity index is 1.88. The van der Waals surface area contributed by atoms with Crippen molar-refractivity contribution in [2.24, 2.45) is 17.8 Å². The lowest BCUT2D eigenvalue weighted by atomic mass is 9.88. The van der Waals surface area contributed by atoms with E-state index in [0.29, 0.717) is 5.92 Å². The van der Waals surface area contributed by atoms with Gasteiger partial charge in [0.05, 0.1) is 0 Å². The minimum absolute atomic E-state index is 0.714. The first-order chi connectivity index (χ1) is 9.56. The molecule has 20 heavy (non-hydrogen) atoms. The highest BCUT2D eigenvalue weighted by molar-refractivity contribution is 5.48. The molecule has 1 N–H and O–H groups in total. The van der Waals surface area contributed by atoms with Crippen molar-refractivity contribution >= 4 is 5.69 Å². The van der Waals surface area contributed by atoms with Crippen LogP contribution in [0.1, 0.15) is 39.7 Å². The standard InChI is InChI=1S/C18H30N2/c1-14(2)11-19-12-17-5-7-18(8-6-17)20-10-9-15(3)16(4)13-20/h5-8,14-16,19H,9-13H2,1-4H3. The van der Waals surface area contributed by atoms with E-state index in [2.05, 4.69) is 62.2 Å². The monoisotopic (exact) mass is 274 g/mol. The second-order valence-electron chi connectivity index (χ2n) is 6.88. The predicted molar refractivity (Wildman–Crippen MR) is 88.1 cm³/mol. The molecule has 1 heterocycles. The molecule has 1 aliphatic heterocycles. The SMILES string of the molecule is CC(C)CNCc1ccc(N2CCC(C)C(C)C2)cc1. The van der Waals surface area contributed by atoms with Crippen LogP contribution in [0.5, 0.6) is 0 Å². The van der Waals surface area contributed by atoms with Gasteiger partial charge in [0.25, 0.3) is 0 Å². The van der Waals surface area contributed by atoms with Crippen LogP contribution >= 0.6 is 0 Å². The van der Waals surface area contributed by atoms with Gasteiger partial charge in [0.1, 0.15) is 0 Å². The van der Waals surface area contributed by atoms with Crippen LogP contribution in [-0.4, -0.2) is 19.6 Å². The number of hydrogen-bond acceptors (Lipinski definition) is 2. The summed E-state index contributed by atoms with van der Waals surface area (Å²) in [6, 6.07) is 9.11. The predicted octanol–water partition coefficient (Wildman–Crippen LogP) is 3.91. The number of piperidine rings is 1. The van der Waals surface area contributed by atoms with Crippen molar-refractivity contribution in [3.63, 3.8) is 0 Å². The van der Waals surface area contributed by atoms with Gasteiger partial charge in [-0.3, -0.25) is 0 Å². The second-order valence-corrected chi connectivity index (χ2v) is 6.88. The lowest BCUT2D eigenvalue weighted by Crippen LogP contribution is -2.38. The van der Waals surface area contributed by atoms with Crippen LogP contribution in [0.2, 0.25) is 0 Å². The summed E-state index contributed by atoms with van der Waals surface area (Å²) in [7, 11) is 0. The molecular weight excluding hydrogens is 244 g/mol. The van der Waals surface area contributed by atoms with Crippen molar-refractivity contribution in [3.8, 4) is 0 Å². The maximum atomic E-state index is 3.50. The van der Waals surface area contributed by atoms with Gasteiger partial charge < -0.3 is 10.2 Å². The summed E-state index contributed by atoms with van der Waals surface area (Å²) >= 11 is 0. The summed E-state index contributed by atoms with van der Waals surface area (Å²) in [6.07, 6.45) is 1.32. The largest absolute Gasteiger partial charge is 0.371 e. The Bertz CT molecular complexity index is 396. The van der Waals surface area contributed by atoms with Crippen LogP contribution in [0.4, 0.5) is 5.69 Å². The summed E-state index contributed by atoms with van der Waals surface area (Å²) in [5.74, 6) is 2.38. The average molecular weight is 274 g/mol. The molecule has 0 saturated carbocycles. The number of rotatable bonds is 5. The van der Waals surface area contributed by atoms with Crippen LogP contribution in [0, 0.1) is 17.8 Å². The van der Waals surface area contributed by atoms with Gasteiger partial charge in [0.15, 0.2) is 0 Å². The number of anilines is 1. The first kappa shape index (κ1) is 15.4. The van der Waals surface area contributed by atoms with E-state index in [4.69, 9.17) is 0 Å².